The molecule has 1 N–H and O–H groups in total. The number of nitrogens with zero attached hydrogens (tertiary/aromatic N) is 4. The van der Waals surface area contributed by atoms with E-state index in [1.807, 2.05) is 13.8 Å². The molecule has 23 heavy (non-hydrogen) atoms. The molecule has 0 bridgehead atoms. The third-order valence-electron chi connectivity index (χ3n) is 3.75. The third kappa shape index (κ3) is 2.80. The molecule has 2 aromatic rings. The highest BCUT2D eigenvalue weighted by Crippen LogP contribution is 2.34. The third-order valence-corrected chi connectivity index (χ3v) is 3.75. The lowest BCUT2D eigenvalue weighted by atomic mass is 10.2. The minimum absolute atomic E-state index is 0.0468. The molecule has 0 atom stereocenters. The van der Waals surface area contributed by atoms with Crippen LogP contribution in [0.2, 0.25) is 0 Å². The Morgan fingerprint density at radius 2 is 2.13 bits per heavy atom. The van der Waals surface area contributed by atoms with E-state index in [1.165, 1.54) is 10.7 Å². The molecule has 0 unspecified atom stereocenters. The second kappa shape index (κ2) is 5.47. The summed E-state index contributed by atoms with van der Waals surface area (Å²) in [4.78, 5) is 16.5. The van der Waals surface area contributed by atoms with Gasteiger partial charge in [-0.3, -0.25) is 4.79 Å². The van der Waals surface area contributed by atoms with Crippen molar-refractivity contribution >= 4 is 5.91 Å². The average molecular weight is 313 g/mol. The van der Waals surface area contributed by atoms with Gasteiger partial charge in [-0.1, -0.05) is 26.0 Å². The van der Waals surface area contributed by atoms with Crippen LogP contribution in [-0.2, 0) is 0 Å². The van der Waals surface area contributed by atoms with Crippen LogP contribution in [0.5, 0.6) is 0 Å². The fraction of sp³-hybridized carbons (Fsp3) is 0.375. The molecule has 118 valence electrons. The topological polar surface area (TPSA) is 83.6 Å². The molecule has 0 aliphatic heterocycles. The standard InChI is InChI=1S/C16H16FN5O/c1-10(2)14-19-13(15(23)20-16(9-18)7-8-16)21-22(14)12-6-4-3-5-11(12)17/h3-6,10H,7-8H2,1-2H3,(H,20,23). The summed E-state index contributed by atoms with van der Waals surface area (Å²) in [6.45, 7) is 3.78. The van der Waals surface area contributed by atoms with Gasteiger partial charge in [-0.25, -0.2) is 14.1 Å². The van der Waals surface area contributed by atoms with Crippen molar-refractivity contribution in [1.29, 1.82) is 5.26 Å². The van der Waals surface area contributed by atoms with Crippen LogP contribution < -0.4 is 5.32 Å². The van der Waals surface area contributed by atoms with E-state index in [2.05, 4.69) is 21.5 Å². The normalized spacial score (nSPS) is 15.3. The summed E-state index contributed by atoms with van der Waals surface area (Å²) in [6.07, 6.45) is 1.25. The second-order valence-corrected chi connectivity index (χ2v) is 5.96. The Hall–Kier alpha value is -2.75. The number of amides is 1. The van der Waals surface area contributed by atoms with Gasteiger partial charge in [0.1, 0.15) is 22.9 Å². The van der Waals surface area contributed by atoms with Crippen molar-refractivity contribution in [2.45, 2.75) is 38.1 Å². The van der Waals surface area contributed by atoms with E-state index in [-0.39, 0.29) is 17.4 Å². The Bertz CT molecular complexity index is 801. The van der Waals surface area contributed by atoms with E-state index in [1.54, 1.807) is 18.2 Å². The highest BCUT2D eigenvalue weighted by molar-refractivity contribution is 5.91. The van der Waals surface area contributed by atoms with Gasteiger partial charge in [-0.05, 0) is 25.0 Å². The number of nitrogens with one attached hydrogen (secondary N) is 1. The maximum Gasteiger partial charge on any atom is 0.292 e. The van der Waals surface area contributed by atoms with Gasteiger partial charge in [-0.2, -0.15) is 5.26 Å². The van der Waals surface area contributed by atoms with Crippen molar-refractivity contribution in [3.8, 4) is 11.8 Å². The molecule has 1 aromatic carbocycles. The van der Waals surface area contributed by atoms with Gasteiger partial charge in [0.05, 0.1) is 6.07 Å². The molecule has 0 spiro atoms. The lowest BCUT2D eigenvalue weighted by Crippen LogP contribution is -2.36. The van der Waals surface area contributed by atoms with Crippen molar-refractivity contribution in [2.75, 3.05) is 0 Å². The van der Waals surface area contributed by atoms with Crippen molar-refractivity contribution in [2.24, 2.45) is 0 Å². The molecule has 1 heterocycles. The first-order chi connectivity index (χ1) is 11.0. The number of nitriles is 1. The Labute approximate surface area is 132 Å². The largest absolute Gasteiger partial charge is 0.331 e. The van der Waals surface area contributed by atoms with Crippen LogP contribution in [0.4, 0.5) is 4.39 Å². The summed E-state index contributed by atoms with van der Waals surface area (Å²) in [5.41, 5.74) is -0.553. The van der Waals surface area contributed by atoms with E-state index in [0.29, 0.717) is 18.7 Å². The first kappa shape index (κ1) is 15.2. The minimum Gasteiger partial charge on any atom is -0.331 e. The minimum atomic E-state index is -0.793. The molecule has 0 saturated heterocycles. The van der Waals surface area contributed by atoms with E-state index >= 15 is 0 Å². The fourth-order valence-electron chi connectivity index (χ4n) is 2.26. The van der Waals surface area contributed by atoms with Gasteiger partial charge in [0, 0.05) is 5.92 Å². The summed E-state index contributed by atoms with van der Waals surface area (Å²) < 4.78 is 15.4. The highest BCUT2D eigenvalue weighted by atomic mass is 19.1. The molecule has 1 amide bonds. The van der Waals surface area contributed by atoms with Crippen molar-refractivity contribution in [3.63, 3.8) is 0 Å². The van der Waals surface area contributed by atoms with Gasteiger partial charge >= 0.3 is 0 Å². The Kier molecular flexibility index (Phi) is 3.60. The zero-order chi connectivity index (χ0) is 16.6. The van der Waals surface area contributed by atoms with Crippen molar-refractivity contribution in [3.05, 3.63) is 41.7 Å². The number of hydrogen-bond donors (Lipinski definition) is 1. The smallest absolute Gasteiger partial charge is 0.292 e. The Balaban J connectivity index is 1.98. The van der Waals surface area contributed by atoms with E-state index in [4.69, 9.17) is 5.26 Å². The summed E-state index contributed by atoms with van der Waals surface area (Å²) in [5.74, 6) is -0.571. The molecule has 7 heteroatoms. The van der Waals surface area contributed by atoms with Crippen LogP contribution in [0, 0.1) is 17.1 Å². The van der Waals surface area contributed by atoms with Crippen LogP contribution in [0.15, 0.2) is 24.3 Å². The maximum atomic E-state index is 14.0. The van der Waals surface area contributed by atoms with Crippen LogP contribution >= 0.6 is 0 Å². The number of benzene rings is 1. The average Bonchev–Trinajstić information content (AvgIpc) is 3.15. The number of carbonyl (C=O) groups excluding carboxylic acids is 1. The molecular weight excluding hydrogens is 297 g/mol. The predicted molar refractivity (Wildman–Crippen MR) is 80.5 cm³/mol. The fourth-order valence-corrected chi connectivity index (χ4v) is 2.26. The molecule has 1 aromatic heterocycles. The van der Waals surface area contributed by atoms with Crippen LogP contribution in [0.25, 0.3) is 5.69 Å². The number of aromatic nitrogens is 3. The van der Waals surface area contributed by atoms with Gasteiger partial charge in [-0.15, -0.1) is 5.10 Å². The lowest BCUT2D eigenvalue weighted by molar-refractivity contribution is 0.0931. The summed E-state index contributed by atoms with van der Waals surface area (Å²) in [5, 5.41) is 15.9. The van der Waals surface area contributed by atoms with Crippen LogP contribution in [0.3, 0.4) is 0 Å². The molecule has 1 aliphatic carbocycles. The van der Waals surface area contributed by atoms with E-state index < -0.39 is 17.3 Å². The van der Waals surface area contributed by atoms with Gasteiger partial charge in [0.2, 0.25) is 5.82 Å². The Morgan fingerprint density at radius 3 is 2.70 bits per heavy atom. The predicted octanol–water partition coefficient (Wildman–Crippen LogP) is 2.32. The SMILES string of the molecule is CC(C)c1nc(C(=O)NC2(C#N)CC2)nn1-c1ccccc1F. The molecule has 1 saturated carbocycles. The first-order valence-corrected chi connectivity index (χ1v) is 7.41. The summed E-state index contributed by atoms with van der Waals surface area (Å²) >= 11 is 0. The van der Waals surface area contributed by atoms with Gasteiger partial charge in [0.15, 0.2) is 0 Å². The molecule has 1 aliphatic rings. The van der Waals surface area contributed by atoms with Crippen molar-refractivity contribution in [1.82, 2.24) is 20.1 Å². The summed E-state index contributed by atoms with van der Waals surface area (Å²) in [6, 6.07) is 8.27. The highest BCUT2D eigenvalue weighted by Gasteiger charge is 2.45. The second-order valence-electron chi connectivity index (χ2n) is 5.96. The zero-order valence-corrected chi connectivity index (χ0v) is 12.9. The monoisotopic (exact) mass is 313 g/mol. The molecule has 0 radical (unpaired) electrons. The number of hydrogen-bond acceptors (Lipinski definition) is 4. The van der Waals surface area contributed by atoms with Crippen LogP contribution in [-0.4, -0.2) is 26.2 Å². The maximum absolute atomic E-state index is 14.0. The number of para-hydroxylation sites is 1. The van der Waals surface area contributed by atoms with Crippen LogP contribution in [0.1, 0.15) is 49.1 Å². The molecule has 6 nitrogen and oxygen atoms in total. The van der Waals surface area contributed by atoms with E-state index in [0.717, 1.165) is 0 Å². The van der Waals surface area contributed by atoms with Crippen molar-refractivity contribution < 1.29 is 9.18 Å². The Morgan fingerprint density at radius 1 is 1.43 bits per heavy atom. The van der Waals surface area contributed by atoms with Gasteiger partial charge < -0.3 is 5.32 Å². The molecule has 1 fully saturated rings. The number of rotatable bonds is 4. The lowest BCUT2D eigenvalue weighted by Gasteiger charge is -2.08. The first-order valence-electron chi connectivity index (χ1n) is 7.41. The number of carbonyl (C=O) groups is 1. The molecular formula is C16H16FN5O. The number of halogens is 1. The molecule has 3 rings (SSSR count). The van der Waals surface area contributed by atoms with Gasteiger partial charge in [0.25, 0.3) is 5.91 Å². The zero-order valence-electron chi connectivity index (χ0n) is 12.9. The van der Waals surface area contributed by atoms with E-state index in [9.17, 15) is 9.18 Å². The summed E-state index contributed by atoms with van der Waals surface area (Å²) in [7, 11) is 0. The quantitative estimate of drug-likeness (QED) is 0.939.